The summed E-state index contributed by atoms with van der Waals surface area (Å²) < 4.78 is 5.32. The molecule has 0 radical (unpaired) electrons. The number of carbonyl (C=O) groups is 1. The van der Waals surface area contributed by atoms with E-state index in [4.69, 9.17) is 16.3 Å². The predicted molar refractivity (Wildman–Crippen MR) is 69.5 cm³/mol. The smallest absolute Gasteiger partial charge is 0.357 e. The van der Waals surface area contributed by atoms with Crippen molar-refractivity contribution in [3.05, 3.63) is 64.9 Å². The summed E-state index contributed by atoms with van der Waals surface area (Å²) in [5.41, 5.74) is 1.15. The lowest BCUT2D eigenvalue weighted by molar-refractivity contribution is 0.0331. The highest BCUT2D eigenvalue weighted by Gasteiger charge is 2.14. The van der Waals surface area contributed by atoms with Crippen LogP contribution in [0.5, 0.6) is 0 Å². The summed E-state index contributed by atoms with van der Waals surface area (Å²) in [6.45, 7) is 1.82. The summed E-state index contributed by atoms with van der Waals surface area (Å²) in [7, 11) is 0. The molecule has 2 aromatic rings. The van der Waals surface area contributed by atoms with Gasteiger partial charge in [0.15, 0.2) is 0 Å². The molecule has 0 aliphatic rings. The number of halogens is 1. The molecular formula is C14H12ClNO2. The molecule has 0 saturated heterocycles. The van der Waals surface area contributed by atoms with Crippen LogP contribution in [0.1, 0.15) is 29.1 Å². The molecule has 0 spiro atoms. The van der Waals surface area contributed by atoms with E-state index in [-0.39, 0.29) is 11.8 Å². The van der Waals surface area contributed by atoms with E-state index in [2.05, 4.69) is 4.98 Å². The van der Waals surface area contributed by atoms with Gasteiger partial charge in [-0.15, -0.1) is 0 Å². The number of rotatable bonds is 3. The molecule has 1 aromatic carbocycles. The van der Waals surface area contributed by atoms with Crippen molar-refractivity contribution in [1.82, 2.24) is 4.98 Å². The summed E-state index contributed by atoms with van der Waals surface area (Å²) in [6.07, 6.45) is 1.16. The molecule has 2 rings (SSSR count). The van der Waals surface area contributed by atoms with Gasteiger partial charge in [-0.25, -0.2) is 9.78 Å². The van der Waals surface area contributed by atoms with E-state index >= 15 is 0 Å². The SMILES string of the molecule is C[C@H](OC(=O)c1cc(Cl)ccn1)c1ccccc1. The molecule has 0 N–H and O–H groups in total. The Labute approximate surface area is 110 Å². The minimum Gasteiger partial charge on any atom is -0.453 e. The molecule has 18 heavy (non-hydrogen) atoms. The fourth-order valence-corrected chi connectivity index (χ4v) is 1.69. The van der Waals surface area contributed by atoms with Gasteiger partial charge in [-0.3, -0.25) is 0 Å². The van der Waals surface area contributed by atoms with Crippen molar-refractivity contribution in [3.63, 3.8) is 0 Å². The Morgan fingerprint density at radius 1 is 1.28 bits per heavy atom. The zero-order valence-electron chi connectivity index (χ0n) is 9.84. The predicted octanol–water partition coefficient (Wildman–Crippen LogP) is 3.65. The molecule has 0 aliphatic carbocycles. The fraction of sp³-hybridized carbons (Fsp3) is 0.143. The summed E-state index contributed by atoms with van der Waals surface area (Å²) in [6, 6.07) is 12.6. The van der Waals surface area contributed by atoms with Gasteiger partial charge in [0.25, 0.3) is 0 Å². The zero-order valence-corrected chi connectivity index (χ0v) is 10.6. The quantitative estimate of drug-likeness (QED) is 0.792. The normalized spacial score (nSPS) is 11.9. The minimum absolute atomic E-state index is 0.213. The van der Waals surface area contributed by atoms with Crippen LogP contribution in [-0.4, -0.2) is 11.0 Å². The lowest BCUT2D eigenvalue weighted by atomic mass is 10.1. The van der Waals surface area contributed by atoms with Gasteiger partial charge in [0.2, 0.25) is 0 Å². The van der Waals surface area contributed by atoms with Crippen LogP contribution in [0.4, 0.5) is 0 Å². The van der Waals surface area contributed by atoms with E-state index in [0.717, 1.165) is 5.56 Å². The number of ether oxygens (including phenoxy) is 1. The third kappa shape index (κ3) is 3.08. The van der Waals surface area contributed by atoms with Crippen molar-refractivity contribution in [2.45, 2.75) is 13.0 Å². The number of hydrogen-bond acceptors (Lipinski definition) is 3. The maximum absolute atomic E-state index is 11.8. The first-order valence-corrected chi connectivity index (χ1v) is 5.92. The van der Waals surface area contributed by atoms with Crippen LogP contribution in [0.25, 0.3) is 0 Å². The first-order chi connectivity index (χ1) is 8.66. The average molecular weight is 262 g/mol. The van der Waals surface area contributed by atoms with Gasteiger partial charge in [-0.1, -0.05) is 41.9 Å². The van der Waals surface area contributed by atoms with E-state index in [1.807, 2.05) is 37.3 Å². The molecule has 0 fully saturated rings. The highest BCUT2D eigenvalue weighted by molar-refractivity contribution is 6.30. The third-order valence-corrected chi connectivity index (χ3v) is 2.72. The van der Waals surface area contributed by atoms with Crippen LogP contribution in [0.3, 0.4) is 0 Å². The van der Waals surface area contributed by atoms with E-state index in [9.17, 15) is 4.79 Å². The maximum atomic E-state index is 11.8. The standard InChI is InChI=1S/C14H12ClNO2/c1-10(11-5-3-2-4-6-11)18-14(17)13-9-12(15)7-8-16-13/h2-10H,1H3/t10-/m0/s1. The summed E-state index contributed by atoms with van der Waals surface area (Å²) >= 11 is 5.79. The summed E-state index contributed by atoms with van der Waals surface area (Å²) in [4.78, 5) is 15.8. The van der Waals surface area contributed by atoms with Gasteiger partial charge in [-0.05, 0) is 24.6 Å². The maximum Gasteiger partial charge on any atom is 0.357 e. The highest BCUT2D eigenvalue weighted by Crippen LogP contribution is 2.18. The third-order valence-electron chi connectivity index (χ3n) is 2.48. The molecule has 1 aromatic heterocycles. The van der Waals surface area contributed by atoms with Crippen molar-refractivity contribution in [1.29, 1.82) is 0 Å². The number of pyridine rings is 1. The van der Waals surface area contributed by atoms with Gasteiger partial charge in [0.1, 0.15) is 11.8 Å². The highest BCUT2D eigenvalue weighted by atomic mass is 35.5. The van der Waals surface area contributed by atoms with E-state index in [1.54, 1.807) is 6.07 Å². The second-order valence-corrected chi connectivity index (χ2v) is 4.25. The number of hydrogen-bond donors (Lipinski definition) is 0. The van der Waals surface area contributed by atoms with Crippen molar-refractivity contribution >= 4 is 17.6 Å². The molecule has 0 saturated carbocycles. The van der Waals surface area contributed by atoms with E-state index < -0.39 is 5.97 Å². The monoisotopic (exact) mass is 261 g/mol. The molecule has 0 amide bonds. The molecular weight excluding hydrogens is 250 g/mol. The van der Waals surface area contributed by atoms with Gasteiger partial charge >= 0.3 is 5.97 Å². The Morgan fingerprint density at radius 3 is 2.67 bits per heavy atom. The molecule has 92 valence electrons. The van der Waals surface area contributed by atoms with Gasteiger partial charge in [0, 0.05) is 11.2 Å². The van der Waals surface area contributed by atoms with Crippen molar-refractivity contribution < 1.29 is 9.53 Å². The van der Waals surface area contributed by atoms with Crippen LogP contribution in [0.2, 0.25) is 5.02 Å². The number of nitrogens with zero attached hydrogens (tertiary/aromatic N) is 1. The van der Waals surface area contributed by atoms with Crippen LogP contribution >= 0.6 is 11.6 Å². The van der Waals surface area contributed by atoms with Crippen LogP contribution in [-0.2, 0) is 4.74 Å². The number of aromatic nitrogens is 1. The molecule has 0 aliphatic heterocycles. The molecule has 3 nitrogen and oxygen atoms in total. The zero-order chi connectivity index (χ0) is 13.0. The molecule has 1 heterocycles. The Hall–Kier alpha value is -1.87. The number of esters is 1. The van der Waals surface area contributed by atoms with Crippen LogP contribution < -0.4 is 0 Å². The van der Waals surface area contributed by atoms with Gasteiger partial charge in [-0.2, -0.15) is 0 Å². The largest absolute Gasteiger partial charge is 0.453 e. The topological polar surface area (TPSA) is 39.2 Å². The Kier molecular flexibility index (Phi) is 3.95. The van der Waals surface area contributed by atoms with Gasteiger partial charge in [0.05, 0.1) is 0 Å². The Bertz CT molecular complexity index is 543. The first-order valence-electron chi connectivity index (χ1n) is 5.54. The Morgan fingerprint density at radius 2 is 2.00 bits per heavy atom. The average Bonchev–Trinajstić information content (AvgIpc) is 2.39. The molecule has 0 unspecified atom stereocenters. The fourth-order valence-electron chi connectivity index (χ4n) is 1.53. The second kappa shape index (κ2) is 5.65. The first kappa shape index (κ1) is 12.6. The van der Waals surface area contributed by atoms with Crippen molar-refractivity contribution in [2.75, 3.05) is 0 Å². The Balaban J connectivity index is 2.08. The molecule has 1 atom stereocenters. The van der Waals surface area contributed by atoms with Gasteiger partial charge < -0.3 is 4.74 Å². The van der Waals surface area contributed by atoms with Crippen molar-refractivity contribution in [2.24, 2.45) is 0 Å². The van der Waals surface area contributed by atoms with E-state index in [1.165, 1.54) is 12.3 Å². The lowest BCUT2D eigenvalue weighted by Gasteiger charge is -2.13. The minimum atomic E-state index is -0.478. The van der Waals surface area contributed by atoms with Crippen LogP contribution in [0, 0.1) is 0 Å². The lowest BCUT2D eigenvalue weighted by Crippen LogP contribution is -2.10. The molecule has 4 heteroatoms. The summed E-state index contributed by atoms with van der Waals surface area (Å²) in [5, 5.41) is 0.462. The second-order valence-electron chi connectivity index (χ2n) is 3.82. The number of carbonyl (C=O) groups excluding carboxylic acids is 1. The van der Waals surface area contributed by atoms with E-state index in [0.29, 0.717) is 5.02 Å². The number of benzene rings is 1. The van der Waals surface area contributed by atoms with Crippen LogP contribution in [0.15, 0.2) is 48.7 Å². The van der Waals surface area contributed by atoms with Crippen molar-refractivity contribution in [3.8, 4) is 0 Å². The summed E-state index contributed by atoms with van der Waals surface area (Å²) in [5.74, 6) is -0.478. The molecule has 0 bridgehead atoms.